The van der Waals surface area contributed by atoms with Crippen molar-refractivity contribution in [3.8, 4) is 5.82 Å². The Bertz CT molecular complexity index is 856. The summed E-state index contributed by atoms with van der Waals surface area (Å²) in [5, 5.41) is 0. The Kier molecular flexibility index (Phi) is 5.61. The van der Waals surface area contributed by atoms with Crippen LogP contribution >= 0.6 is 0 Å². The molecule has 1 unspecified atom stereocenters. The first kappa shape index (κ1) is 17.9. The van der Waals surface area contributed by atoms with Gasteiger partial charge in [-0.3, -0.25) is 9.88 Å². The zero-order valence-corrected chi connectivity index (χ0v) is 15.8. The van der Waals surface area contributed by atoms with E-state index >= 15 is 0 Å². The number of aryl methyl sites for hydroxylation is 1. The van der Waals surface area contributed by atoms with Gasteiger partial charge in [0.1, 0.15) is 5.82 Å². The second-order valence-corrected chi connectivity index (χ2v) is 7.13. The molecule has 5 heteroatoms. The molecule has 0 aliphatic carbocycles. The Morgan fingerprint density at radius 1 is 1.11 bits per heavy atom. The van der Waals surface area contributed by atoms with Crippen LogP contribution in [0.1, 0.15) is 29.9 Å². The standard InChI is InChI=1S/C22H26N4O/c1-18-7-4-11-22(24-18)26-13-5-9-20(26)16-25(17-21-10-6-14-27-21)15-19-8-2-3-12-23-19/h2-5,7-9,11-13,21H,6,10,14-17H2,1H3. The topological polar surface area (TPSA) is 43.2 Å². The molecule has 140 valence electrons. The third-order valence-corrected chi connectivity index (χ3v) is 4.94. The molecule has 0 aromatic carbocycles. The number of nitrogens with zero attached hydrogens (tertiary/aromatic N) is 4. The van der Waals surface area contributed by atoms with Crippen LogP contribution in [0.4, 0.5) is 0 Å². The van der Waals surface area contributed by atoms with Gasteiger partial charge in [-0.05, 0) is 56.2 Å². The molecule has 1 saturated heterocycles. The quantitative estimate of drug-likeness (QED) is 0.642. The van der Waals surface area contributed by atoms with Gasteiger partial charge in [0, 0.05) is 50.0 Å². The molecule has 4 rings (SSSR count). The van der Waals surface area contributed by atoms with Gasteiger partial charge in [-0.1, -0.05) is 12.1 Å². The van der Waals surface area contributed by atoms with Gasteiger partial charge in [-0.25, -0.2) is 4.98 Å². The second-order valence-electron chi connectivity index (χ2n) is 7.13. The van der Waals surface area contributed by atoms with Crippen LogP contribution in [-0.2, 0) is 17.8 Å². The summed E-state index contributed by atoms with van der Waals surface area (Å²) in [7, 11) is 0. The fourth-order valence-electron chi connectivity index (χ4n) is 3.64. The minimum Gasteiger partial charge on any atom is -0.377 e. The Morgan fingerprint density at radius 3 is 2.85 bits per heavy atom. The van der Waals surface area contributed by atoms with Crippen LogP contribution < -0.4 is 0 Å². The van der Waals surface area contributed by atoms with Crippen molar-refractivity contribution in [2.75, 3.05) is 13.2 Å². The van der Waals surface area contributed by atoms with E-state index in [1.54, 1.807) is 0 Å². The Hall–Kier alpha value is -2.50. The monoisotopic (exact) mass is 362 g/mol. The fraction of sp³-hybridized carbons (Fsp3) is 0.364. The Labute approximate surface area is 160 Å². The van der Waals surface area contributed by atoms with Crippen LogP contribution in [-0.4, -0.2) is 38.7 Å². The zero-order chi connectivity index (χ0) is 18.5. The minimum absolute atomic E-state index is 0.314. The molecule has 0 bridgehead atoms. The van der Waals surface area contributed by atoms with Gasteiger partial charge in [-0.15, -0.1) is 0 Å². The molecular formula is C22H26N4O. The summed E-state index contributed by atoms with van der Waals surface area (Å²) < 4.78 is 8.06. The fourth-order valence-corrected chi connectivity index (χ4v) is 3.64. The first-order chi connectivity index (χ1) is 13.3. The van der Waals surface area contributed by atoms with Crippen LogP contribution in [0.25, 0.3) is 5.82 Å². The van der Waals surface area contributed by atoms with Gasteiger partial charge in [0.25, 0.3) is 0 Å². The summed E-state index contributed by atoms with van der Waals surface area (Å²) in [6, 6.07) is 16.5. The van der Waals surface area contributed by atoms with Gasteiger partial charge in [0.05, 0.1) is 11.8 Å². The molecule has 0 saturated carbocycles. The number of pyridine rings is 2. The largest absolute Gasteiger partial charge is 0.377 e. The van der Waals surface area contributed by atoms with Crippen molar-refractivity contribution in [2.24, 2.45) is 0 Å². The van der Waals surface area contributed by atoms with Crippen LogP contribution in [0.15, 0.2) is 60.9 Å². The van der Waals surface area contributed by atoms with E-state index in [-0.39, 0.29) is 0 Å². The van der Waals surface area contributed by atoms with Crippen molar-refractivity contribution in [1.82, 2.24) is 19.4 Å². The average Bonchev–Trinajstić information content (AvgIpc) is 3.34. The summed E-state index contributed by atoms with van der Waals surface area (Å²) in [6.45, 7) is 5.47. The predicted octanol–water partition coefficient (Wildman–Crippen LogP) is 3.76. The molecule has 1 atom stereocenters. The van der Waals surface area contributed by atoms with E-state index in [0.29, 0.717) is 6.10 Å². The normalized spacial score (nSPS) is 16.9. The van der Waals surface area contributed by atoms with Gasteiger partial charge in [0.2, 0.25) is 0 Å². The van der Waals surface area contributed by atoms with E-state index in [4.69, 9.17) is 4.74 Å². The summed E-state index contributed by atoms with van der Waals surface area (Å²) >= 11 is 0. The molecule has 0 spiro atoms. The van der Waals surface area contributed by atoms with E-state index in [9.17, 15) is 0 Å². The molecule has 27 heavy (non-hydrogen) atoms. The third-order valence-electron chi connectivity index (χ3n) is 4.94. The summed E-state index contributed by atoms with van der Waals surface area (Å²) in [5.41, 5.74) is 3.33. The van der Waals surface area contributed by atoms with Crippen LogP contribution in [0.3, 0.4) is 0 Å². The molecule has 0 radical (unpaired) electrons. The average molecular weight is 362 g/mol. The van der Waals surface area contributed by atoms with Gasteiger partial charge in [0.15, 0.2) is 0 Å². The van der Waals surface area contributed by atoms with E-state index in [2.05, 4.69) is 56.0 Å². The maximum Gasteiger partial charge on any atom is 0.137 e. The van der Waals surface area contributed by atoms with Crippen molar-refractivity contribution in [1.29, 1.82) is 0 Å². The lowest BCUT2D eigenvalue weighted by molar-refractivity contribution is 0.0669. The maximum atomic E-state index is 5.89. The van der Waals surface area contributed by atoms with E-state index in [0.717, 1.165) is 56.3 Å². The lowest BCUT2D eigenvalue weighted by Gasteiger charge is -2.25. The van der Waals surface area contributed by atoms with E-state index in [1.165, 1.54) is 5.69 Å². The molecule has 0 amide bonds. The third kappa shape index (κ3) is 4.62. The molecular weight excluding hydrogens is 336 g/mol. The van der Waals surface area contributed by atoms with Crippen LogP contribution in [0, 0.1) is 6.92 Å². The number of ether oxygens (including phenoxy) is 1. The van der Waals surface area contributed by atoms with Crippen molar-refractivity contribution >= 4 is 0 Å². The highest BCUT2D eigenvalue weighted by molar-refractivity contribution is 5.29. The zero-order valence-electron chi connectivity index (χ0n) is 15.8. The summed E-state index contributed by atoms with van der Waals surface area (Å²) in [5.74, 6) is 0.963. The SMILES string of the molecule is Cc1cccc(-n2cccc2CN(Cc2ccccn2)CC2CCCO2)n1. The highest BCUT2D eigenvalue weighted by atomic mass is 16.5. The van der Waals surface area contributed by atoms with Crippen molar-refractivity contribution < 1.29 is 4.74 Å². The smallest absolute Gasteiger partial charge is 0.137 e. The number of rotatable bonds is 7. The lowest BCUT2D eigenvalue weighted by atomic mass is 10.2. The molecule has 1 aliphatic heterocycles. The second kappa shape index (κ2) is 8.46. The lowest BCUT2D eigenvalue weighted by Crippen LogP contribution is -2.32. The van der Waals surface area contributed by atoms with E-state index < -0.39 is 0 Å². The maximum absolute atomic E-state index is 5.89. The summed E-state index contributed by atoms with van der Waals surface area (Å²) in [6.07, 6.45) is 6.56. The molecule has 4 heterocycles. The van der Waals surface area contributed by atoms with Crippen LogP contribution in [0.5, 0.6) is 0 Å². The molecule has 1 aliphatic rings. The molecule has 1 fully saturated rings. The molecule has 5 nitrogen and oxygen atoms in total. The van der Waals surface area contributed by atoms with E-state index in [1.807, 2.05) is 31.3 Å². The van der Waals surface area contributed by atoms with Crippen LogP contribution in [0.2, 0.25) is 0 Å². The van der Waals surface area contributed by atoms with Gasteiger partial charge >= 0.3 is 0 Å². The van der Waals surface area contributed by atoms with Crippen molar-refractivity contribution in [3.05, 3.63) is 78.0 Å². The highest BCUT2D eigenvalue weighted by Gasteiger charge is 2.21. The Morgan fingerprint density at radius 2 is 2.07 bits per heavy atom. The summed E-state index contributed by atoms with van der Waals surface area (Å²) in [4.78, 5) is 11.6. The highest BCUT2D eigenvalue weighted by Crippen LogP contribution is 2.18. The molecule has 3 aromatic heterocycles. The minimum atomic E-state index is 0.314. The van der Waals surface area contributed by atoms with Gasteiger partial charge < -0.3 is 9.30 Å². The van der Waals surface area contributed by atoms with Crippen molar-refractivity contribution in [3.63, 3.8) is 0 Å². The number of hydrogen-bond donors (Lipinski definition) is 0. The molecule has 0 N–H and O–H groups in total. The number of hydrogen-bond acceptors (Lipinski definition) is 4. The Balaban J connectivity index is 1.55. The predicted molar refractivity (Wildman–Crippen MR) is 106 cm³/mol. The first-order valence-corrected chi connectivity index (χ1v) is 9.62. The van der Waals surface area contributed by atoms with Gasteiger partial charge in [-0.2, -0.15) is 0 Å². The first-order valence-electron chi connectivity index (χ1n) is 9.62. The molecule has 3 aromatic rings. The van der Waals surface area contributed by atoms with Crippen molar-refractivity contribution in [2.45, 2.75) is 39.0 Å². The number of aromatic nitrogens is 3.